The predicted molar refractivity (Wildman–Crippen MR) is 69.0 cm³/mol. The van der Waals surface area contributed by atoms with Crippen LogP contribution in [0.5, 0.6) is 0 Å². The van der Waals surface area contributed by atoms with Crippen LogP contribution in [-0.4, -0.2) is 5.78 Å². The van der Waals surface area contributed by atoms with Gasteiger partial charge in [0.15, 0.2) is 5.78 Å². The largest absolute Gasteiger partial charge is 0.288 e. The minimum Gasteiger partial charge on any atom is -0.288 e. The minimum absolute atomic E-state index is 0.116. The fourth-order valence-electron chi connectivity index (χ4n) is 1.47. The second kappa shape index (κ2) is 4.58. The van der Waals surface area contributed by atoms with Crippen molar-refractivity contribution in [2.24, 2.45) is 0 Å². The van der Waals surface area contributed by atoms with Crippen molar-refractivity contribution in [3.63, 3.8) is 0 Å². The summed E-state index contributed by atoms with van der Waals surface area (Å²) in [6.45, 7) is 1.91. The van der Waals surface area contributed by atoms with Crippen molar-refractivity contribution in [3.8, 4) is 0 Å². The number of carbonyl (C=O) groups excluding carboxylic acids is 1. The first-order chi connectivity index (χ1) is 7.61. The Labute approximate surface area is 108 Å². The summed E-state index contributed by atoms with van der Waals surface area (Å²) in [7, 11) is 0. The molecule has 0 saturated heterocycles. The number of hydrogen-bond donors (Lipinski definition) is 0. The van der Waals surface area contributed by atoms with E-state index in [0.717, 1.165) is 4.88 Å². The Morgan fingerprint density at radius 2 is 1.81 bits per heavy atom. The van der Waals surface area contributed by atoms with Crippen molar-refractivity contribution in [2.45, 2.75) is 6.92 Å². The predicted octanol–water partition coefficient (Wildman–Crippen LogP) is 4.59. The number of rotatable bonds is 2. The number of aryl methyl sites for hydroxylation is 1. The molecule has 1 aromatic carbocycles. The average Bonchev–Trinajstić information content (AvgIpc) is 2.64. The zero-order valence-electron chi connectivity index (χ0n) is 8.46. The molecule has 0 radical (unpaired) electrons. The van der Waals surface area contributed by atoms with Gasteiger partial charge in [-0.15, -0.1) is 11.3 Å². The number of hydrogen-bond acceptors (Lipinski definition) is 2. The Balaban J connectivity index is 2.54. The molecule has 0 N–H and O–H groups in total. The SMILES string of the molecule is Cc1sccc1C(=O)c1c(Cl)cccc1Cl. The van der Waals surface area contributed by atoms with Gasteiger partial charge < -0.3 is 0 Å². The fraction of sp³-hybridized carbons (Fsp3) is 0.0833. The second-order valence-corrected chi connectivity index (χ2v) is 5.25. The van der Waals surface area contributed by atoms with Crippen LogP contribution in [-0.2, 0) is 0 Å². The molecule has 0 saturated carbocycles. The highest BCUT2D eigenvalue weighted by Gasteiger charge is 2.18. The maximum Gasteiger partial charge on any atom is 0.197 e. The van der Waals surface area contributed by atoms with Gasteiger partial charge in [-0.3, -0.25) is 4.79 Å². The molecule has 2 aromatic rings. The molecule has 1 heterocycles. The van der Waals surface area contributed by atoms with Gasteiger partial charge in [-0.2, -0.15) is 0 Å². The smallest absolute Gasteiger partial charge is 0.197 e. The van der Waals surface area contributed by atoms with Gasteiger partial charge in [-0.25, -0.2) is 0 Å². The second-order valence-electron chi connectivity index (χ2n) is 3.32. The summed E-state index contributed by atoms with van der Waals surface area (Å²) in [6, 6.07) is 6.86. The molecule has 4 heteroatoms. The van der Waals surface area contributed by atoms with Crippen LogP contribution in [0, 0.1) is 6.92 Å². The quantitative estimate of drug-likeness (QED) is 0.730. The lowest BCUT2D eigenvalue weighted by molar-refractivity contribution is 0.103. The van der Waals surface area contributed by atoms with Crippen LogP contribution in [0.4, 0.5) is 0 Å². The van der Waals surface area contributed by atoms with Crippen LogP contribution in [0.2, 0.25) is 10.0 Å². The Bertz CT molecular complexity index is 525. The van der Waals surface area contributed by atoms with E-state index >= 15 is 0 Å². The molecule has 82 valence electrons. The summed E-state index contributed by atoms with van der Waals surface area (Å²) in [4.78, 5) is 13.2. The maximum absolute atomic E-state index is 12.2. The van der Waals surface area contributed by atoms with Crippen LogP contribution in [0.25, 0.3) is 0 Å². The number of benzene rings is 1. The third kappa shape index (κ3) is 2.01. The molecule has 0 bridgehead atoms. The average molecular weight is 271 g/mol. The van der Waals surface area contributed by atoms with Crippen molar-refractivity contribution in [3.05, 3.63) is 55.7 Å². The van der Waals surface area contributed by atoms with E-state index < -0.39 is 0 Å². The highest BCUT2D eigenvalue weighted by Crippen LogP contribution is 2.28. The van der Waals surface area contributed by atoms with E-state index in [2.05, 4.69) is 0 Å². The van der Waals surface area contributed by atoms with Gasteiger partial charge in [0, 0.05) is 10.4 Å². The van der Waals surface area contributed by atoms with Crippen LogP contribution in [0.3, 0.4) is 0 Å². The number of thiophene rings is 1. The highest BCUT2D eigenvalue weighted by atomic mass is 35.5. The van der Waals surface area contributed by atoms with Crippen LogP contribution in [0.15, 0.2) is 29.6 Å². The zero-order chi connectivity index (χ0) is 11.7. The monoisotopic (exact) mass is 270 g/mol. The molecular weight excluding hydrogens is 263 g/mol. The molecule has 16 heavy (non-hydrogen) atoms. The minimum atomic E-state index is -0.116. The summed E-state index contributed by atoms with van der Waals surface area (Å²) in [5.41, 5.74) is 1.05. The lowest BCUT2D eigenvalue weighted by atomic mass is 10.0. The van der Waals surface area contributed by atoms with E-state index in [4.69, 9.17) is 23.2 Å². The third-order valence-electron chi connectivity index (χ3n) is 2.29. The van der Waals surface area contributed by atoms with E-state index in [9.17, 15) is 4.79 Å². The summed E-state index contributed by atoms with van der Waals surface area (Å²) >= 11 is 13.5. The molecule has 2 rings (SSSR count). The van der Waals surface area contributed by atoms with Gasteiger partial charge in [0.2, 0.25) is 0 Å². The Morgan fingerprint density at radius 1 is 1.19 bits per heavy atom. The van der Waals surface area contributed by atoms with Gasteiger partial charge >= 0.3 is 0 Å². The first-order valence-electron chi connectivity index (χ1n) is 4.64. The molecule has 0 amide bonds. The molecule has 0 aliphatic carbocycles. The summed E-state index contributed by atoms with van der Waals surface area (Å²) < 4.78 is 0. The van der Waals surface area contributed by atoms with Crippen LogP contribution < -0.4 is 0 Å². The van der Waals surface area contributed by atoms with E-state index in [1.54, 1.807) is 24.3 Å². The number of carbonyl (C=O) groups is 1. The van der Waals surface area contributed by atoms with Crippen molar-refractivity contribution in [2.75, 3.05) is 0 Å². The van der Waals surface area contributed by atoms with Crippen molar-refractivity contribution < 1.29 is 4.79 Å². The van der Waals surface area contributed by atoms with Gasteiger partial charge in [0.25, 0.3) is 0 Å². The molecule has 0 atom stereocenters. The normalized spacial score (nSPS) is 10.4. The Kier molecular flexibility index (Phi) is 3.33. The standard InChI is InChI=1S/C12H8Cl2OS/c1-7-8(5-6-16-7)12(15)11-9(13)3-2-4-10(11)14/h2-6H,1H3. The lowest BCUT2D eigenvalue weighted by Crippen LogP contribution is -2.03. The first-order valence-corrected chi connectivity index (χ1v) is 6.27. The molecule has 0 unspecified atom stereocenters. The lowest BCUT2D eigenvalue weighted by Gasteiger charge is -2.05. The third-order valence-corrected chi connectivity index (χ3v) is 3.77. The van der Waals surface area contributed by atoms with Gasteiger partial charge in [0.05, 0.1) is 15.6 Å². The van der Waals surface area contributed by atoms with E-state index in [1.807, 2.05) is 12.3 Å². The number of halogens is 2. The molecular formula is C12H8Cl2OS. The van der Waals surface area contributed by atoms with Gasteiger partial charge in [-0.1, -0.05) is 29.3 Å². The van der Waals surface area contributed by atoms with Crippen molar-refractivity contribution >= 4 is 40.3 Å². The first kappa shape index (κ1) is 11.6. The van der Waals surface area contributed by atoms with Crippen LogP contribution >= 0.6 is 34.5 Å². The van der Waals surface area contributed by atoms with E-state index in [1.165, 1.54) is 11.3 Å². The van der Waals surface area contributed by atoms with Crippen molar-refractivity contribution in [1.29, 1.82) is 0 Å². The van der Waals surface area contributed by atoms with E-state index in [0.29, 0.717) is 21.2 Å². The molecule has 1 aromatic heterocycles. The Hall–Kier alpha value is -0.830. The Morgan fingerprint density at radius 3 is 2.31 bits per heavy atom. The van der Waals surface area contributed by atoms with E-state index in [-0.39, 0.29) is 5.78 Å². The summed E-state index contributed by atoms with van der Waals surface area (Å²) in [5.74, 6) is -0.116. The molecule has 0 aliphatic rings. The molecule has 0 aliphatic heterocycles. The zero-order valence-corrected chi connectivity index (χ0v) is 10.8. The summed E-state index contributed by atoms with van der Waals surface area (Å²) in [5, 5.41) is 2.67. The maximum atomic E-state index is 12.2. The number of ketones is 1. The molecule has 0 spiro atoms. The molecule has 1 nitrogen and oxygen atoms in total. The molecule has 0 fully saturated rings. The highest BCUT2D eigenvalue weighted by molar-refractivity contribution is 7.10. The van der Waals surface area contributed by atoms with Gasteiger partial charge in [-0.05, 0) is 30.5 Å². The van der Waals surface area contributed by atoms with Crippen LogP contribution in [0.1, 0.15) is 20.8 Å². The summed E-state index contributed by atoms with van der Waals surface area (Å²) in [6.07, 6.45) is 0. The van der Waals surface area contributed by atoms with Gasteiger partial charge in [0.1, 0.15) is 0 Å². The van der Waals surface area contributed by atoms with Crippen molar-refractivity contribution in [1.82, 2.24) is 0 Å². The fourth-order valence-corrected chi connectivity index (χ4v) is 2.73. The topological polar surface area (TPSA) is 17.1 Å².